The van der Waals surface area contributed by atoms with E-state index < -0.39 is 5.60 Å². The van der Waals surface area contributed by atoms with Crippen molar-refractivity contribution in [2.75, 3.05) is 6.54 Å². The van der Waals surface area contributed by atoms with Crippen LogP contribution in [0.25, 0.3) is 11.3 Å². The number of carbonyl (C=O) groups is 1. The van der Waals surface area contributed by atoms with E-state index in [0.29, 0.717) is 0 Å². The van der Waals surface area contributed by atoms with Crippen molar-refractivity contribution in [2.24, 2.45) is 0 Å². The first-order valence-electron chi connectivity index (χ1n) is 9.10. The number of fused-ring (bicyclic) bond motifs is 1. The van der Waals surface area contributed by atoms with Gasteiger partial charge in [-0.2, -0.15) is 0 Å². The number of nitrogens with zero attached hydrogens (tertiary/aromatic N) is 2. The topological polar surface area (TPSA) is 58.2 Å². The van der Waals surface area contributed by atoms with Gasteiger partial charge in [0.25, 0.3) is 0 Å². The van der Waals surface area contributed by atoms with Gasteiger partial charge in [-0.05, 0) is 57.7 Å². The Balaban J connectivity index is 1.54. The number of halogens is 1. The zero-order chi connectivity index (χ0) is 18.5. The zero-order valence-corrected chi connectivity index (χ0v) is 17.0. The second kappa shape index (κ2) is 6.12. The average molecular weight is 418 g/mol. The minimum Gasteiger partial charge on any atom is -0.444 e. The molecule has 4 rings (SSSR count). The Morgan fingerprint density at radius 3 is 2.77 bits per heavy atom. The lowest BCUT2D eigenvalue weighted by Gasteiger charge is -2.33. The molecule has 2 aliphatic rings. The lowest BCUT2D eigenvalue weighted by atomic mass is 9.95. The predicted octanol–water partition coefficient (Wildman–Crippen LogP) is 4.88. The third-order valence-corrected chi connectivity index (χ3v) is 5.79. The second-order valence-corrected chi connectivity index (χ2v) is 9.22. The van der Waals surface area contributed by atoms with E-state index in [1.54, 1.807) is 0 Å². The number of imidazole rings is 1. The molecule has 2 aromatic rings. The molecule has 1 aromatic heterocycles. The number of hydrogen-bond donors (Lipinski definition) is 1. The third-order valence-electron chi connectivity index (χ3n) is 5.26. The fraction of sp³-hybridized carbons (Fsp3) is 0.500. The Bertz CT molecular complexity index is 824. The molecular weight excluding hydrogens is 394 g/mol. The number of rotatable bonds is 2. The molecule has 1 saturated heterocycles. The van der Waals surface area contributed by atoms with E-state index in [-0.39, 0.29) is 17.6 Å². The standard InChI is InChI=1S/C20H24BrN3O2/c1-19(2,3)26-18(25)24-10-4-9-20(11-16(20)24)17-22-12-15(23-17)13-5-7-14(21)8-6-13/h5-8,12,16H,4,9-11H2,1-3H3,(H,22,23)/t16?,20-/m1/s1. The van der Waals surface area contributed by atoms with Crippen LogP contribution in [0.15, 0.2) is 34.9 Å². The molecule has 6 heteroatoms. The van der Waals surface area contributed by atoms with Gasteiger partial charge >= 0.3 is 6.09 Å². The molecule has 0 spiro atoms. The molecule has 138 valence electrons. The number of carbonyl (C=O) groups excluding carboxylic acids is 1. The van der Waals surface area contributed by atoms with Gasteiger partial charge in [0.1, 0.15) is 11.4 Å². The molecule has 1 aliphatic heterocycles. The number of aromatic nitrogens is 2. The van der Waals surface area contributed by atoms with Crippen molar-refractivity contribution in [1.82, 2.24) is 14.9 Å². The Morgan fingerprint density at radius 1 is 1.35 bits per heavy atom. The number of H-pyrrole nitrogens is 1. The summed E-state index contributed by atoms with van der Waals surface area (Å²) in [7, 11) is 0. The molecule has 1 aliphatic carbocycles. The van der Waals surface area contributed by atoms with Crippen LogP contribution in [0.4, 0.5) is 4.79 Å². The minimum atomic E-state index is -0.467. The lowest BCUT2D eigenvalue weighted by Crippen LogP contribution is -2.44. The maximum absolute atomic E-state index is 12.6. The lowest BCUT2D eigenvalue weighted by molar-refractivity contribution is 0.0181. The van der Waals surface area contributed by atoms with Gasteiger partial charge in [-0.25, -0.2) is 9.78 Å². The Labute approximate surface area is 162 Å². The van der Waals surface area contributed by atoms with Gasteiger partial charge in [-0.1, -0.05) is 28.1 Å². The first kappa shape index (κ1) is 17.6. The van der Waals surface area contributed by atoms with Gasteiger partial charge in [0.15, 0.2) is 0 Å². The summed E-state index contributed by atoms with van der Waals surface area (Å²) in [6.07, 6.45) is 4.69. The first-order chi connectivity index (χ1) is 12.3. The number of aromatic amines is 1. The molecule has 1 N–H and O–H groups in total. The van der Waals surface area contributed by atoms with Crippen LogP contribution in [0.2, 0.25) is 0 Å². The van der Waals surface area contributed by atoms with Crippen LogP contribution in [0.5, 0.6) is 0 Å². The van der Waals surface area contributed by atoms with Gasteiger partial charge in [0, 0.05) is 17.1 Å². The zero-order valence-electron chi connectivity index (χ0n) is 15.4. The smallest absolute Gasteiger partial charge is 0.410 e. The maximum atomic E-state index is 12.6. The fourth-order valence-electron chi connectivity index (χ4n) is 3.95. The second-order valence-electron chi connectivity index (χ2n) is 8.31. The quantitative estimate of drug-likeness (QED) is 0.756. The molecule has 1 amide bonds. The van der Waals surface area contributed by atoms with E-state index in [1.807, 2.05) is 44.0 Å². The van der Waals surface area contributed by atoms with Gasteiger partial charge < -0.3 is 14.6 Å². The summed E-state index contributed by atoms with van der Waals surface area (Å²) < 4.78 is 6.65. The van der Waals surface area contributed by atoms with Crippen molar-refractivity contribution in [3.63, 3.8) is 0 Å². The highest BCUT2D eigenvalue weighted by molar-refractivity contribution is 9.10. The van der Waals surface area contributed by atoms with Gasteiger partial charge in [0.05, 0.1) is 17.3 Å². The van der Waals surface area contributed by atoms with Crippen molar-refractivity contribution < 1.29 is 9.53 Å². The van der Waals surface area contributed by atoms with E-state index in [9.17, 15) is 4.79 Å². The summed E-state index contributed by atoms with van der Waals surface area (Å²) in [5, 5.41) is 0. The van der Waals surface area contributed by atoms with Crippen LogP contribution in [0.1, 0.15) is 45.9 Å². The van der Waals surface area contributed by atoms with E-state index in [4.69, 9.17) is 4.74 Å². The summed E-state index contributed by atoms with van der Waals surface area (Å²) in [6.45, 7) is 6.49. The van der Waals surface area contributed by atoms with Crippen molar-refractivity contribution in [3.8, 4) is 11.3 Å². The molecule has 1 aromatic carbocycles. The molecule has 2 heterocycles. The summed E-state index contributed by atoms with van der Waals surface area (Å²) >= 11 is 3.47. The van der Waals surface area contributed by atoms with Crippen LogP contribution in [-0.4, -0.2) is 39.1 Å². The van der Waals surface area contributed by atoms with Crippen molar-refractivity contribution in [2.45, 2.75) is 57.1 Å². The number of benzene rings is 1. The highest BCUT2D eigenvalue weighted by Crippen LogP contribution is 2.56. The van der Waals surface area contributed by atoms with E-state index in [0.717, 1.165) is 47.4 Å². The fourth-order valence-corrected chi connectivity index (χ4v) is 4.21. The highest BCUT2D eigenvalue weighted by Gasteiger charge is 2.63. The number of nitrogens with one attached hydrogen (secondary N) is 1. The predicted molar refractivity (Wildman–Crippen MR) is 104 cm³/mol. The maximum Gasteiger partial charge on any atom is 0.410 e. The van der Waals surface area contributed by atoms with Gasteiger partial charge in [0.2, 0.25) is 0 Å². The molecule has 1 unspecified atom stereocenters. The van der Waals surface area contributed by atoms with Crippen LogP contribution < -0.4 is 0 Å². The Hall–Kier alpha value is -1.82. The van der Waals surface area contributed by atoms with E-state index in [1.165, 1.54) is 0 Å². The molecule has 2 fully saturated rings. The van der Waals surface area contributed by atoms with Crippen molar-refractivity contribution >= 4 is 22.0 Å². The highest BCUT2D eigenvalue weighted by atomic mass is 79.9. The van der Waals surface area contributed by atoms with Gasteiger partial charge in [-0.15, -0.1) is 0 Å². The summed E-state index contributed by atoms with van der Waals surface area (Å²) in [5.41, 5.74) is 1.62. The number of likely N-dealkylation sites (tertiary alicyclic amines) is 1. The number of amides is 1. The van der Waals surface area contributed by atoms with Crippen molar-refractivity contribution in [3.05, 3.63) is 40.8 Å². The molecule has 2 atom stereocenters. The van der Waals surface area contributed by atoms with E-state index in [2.05, 4.69) is 38.0 Å². The molecule has 26 heavy (non-hydrogen) atoms. The normalized spacial score (nSPS) is 24.9. The minimum absolute atomic E-state index is 0.0389. The molecule has 5 nitrogen and oxygen atoms in total. The SMILES string of the molecule is CC(C)(C)OC(=O)N1CCC[C@@]2(c3ncc(-c4ccc(Br)cc4)[nH]3)CC12. The van der Waals surface area contributed by atoms with Crippen LogP contribution in [0.3, 0.4) is 0 Å². The van der Waals surface area contributed by atoms with Crippen molar-refractivity contribution in [1.29, 1.82) is 0 Å². The molecular formula is C20H24BrN3O2. The van der Waals surface area contributed by atoms with Gasteiger partial charge in [-0.3, -0.25) is 0 Å². The van der Waals surface area contributed by atoms with Crippen LogP contribution in [-0.2, 0) is 10.2 Å². The number of hydrogen-bond acceptors (Lipinski definition) is 3. The summed E-state index contributed by atoms with van der Waals surface area (Å²) in [5.74, 6) is 0.994. The summed E-state index contributed by atoms with van der Waals surface area (Å²) in [6, 6.07) is 8.38. The number of piperidine rings is 1. The van der Waals surface area contributed by atoms with E-state index >= 15 is 0 Å². The summed E-state index contributed by atoms with van der Waals surface area (Å²) in [4.78, 5) is 22.6. The first-order valence-corrected chi connectivity index (χ1v) is 9.89. The molecule has 1 saturated carbocycles. The Kier molecular flexibility index (Phi) is 4.14. The number of ether oxygens (including phenoxy) is 1. The third kappa shape index (κ3) is 3.15. The molecule has 0 bridgehead atoms. The van der Waals surface area contributed by atoms with Crippen LogP contribution in [0, 0.1) is 0 Å². The Morgan fingerprint density at radius 2 is 2.08 bits per heavy atom. The monoisotopic (exact) mass is 417 g/mol. The largest absolute Gasteiger partial charge is 0.444 e. The average Bonchev–Trinajstić information content (AvgIpc) is 3.12. The van der Waals surface area contributed by atoms with Crippen LogP contribution >= 0.6 is 15.9 Å². The molecule has 0 radical (unpaired) electrons.